The predicted octanol–water partition coefficient (Wildman–Crippen LogP) is 3.60. The quantitative estimate of drug-likeness (QED) is 0.741. The number of amides is 1. The summed E-state index contributed by atoms with van der Waals surface area (Å²) in [4.78, 5) is 14.2. The summed E-state index contributed by atoms with van der Waals surface area (Å²) < 4.78 is 0. The van der Waals surface area contributed by atoms with Gasteiger partial charge in [-0.15, -0.1) is 10.2 Å². The maximum absolute atomic E-state index is 12.2. The summed E-state index contributed by atoms with van der Waals surface area (Å²) in [7, 11) is 1.97. The molecule has 0 fully saturated rings. The molecule has 1 aromatic heterocycles. The number of benzene rings is 2. The van der Waals surface area contributed by atoms with Crippen LogP contribution in [0.3, 0.4) is 0 Å². The maximum atomic E-state index is 12.2. The summed E-state index contributed by atoms with van der Waals surface area (Å²) in [5, 5.41) is 11.1. The Kier molecular flexibility index (Phi) is 5.59. The molecule has 0 aliphatic rings. The number of carbonyl (C=O) groups excluding carboxylic acids is 1. The van der Waals surface area contributed by atoms with E-state index in [2.05, 4.69) is 27.6 Å². The van der Waals surface area contributed by atoms with Gasteiger partial charge in [-0.3, -0.25) is 4.79 Å². The van der Waals surface area contributed by atoms with Crippen molar-refractivity contribution in [1.29, 1.82) is 0 Å². The Bertz CT molecular complexity index is 863. The Morgan fingerprint density at radius 3 is 2.38 bits per heavy atom. The summed E-state index contributed by atoms with van der Waals surface area (Å²) >= 11 is 0. The van der Waals surface area contributed by atoms with Crippen LogP contribution >= 0.6 is 0 Å². The van der Waals surface area contributed by atoms with Gasteiger partial charge in [0, 0.05) is 13.6 Å². The van der Waals surface area contributed by atoms with Crippen LogP contribution < -0.4 is 10.2 Å². The lowest BCUT2D eigenvalue weighted by atomic mass is 10.1. The number of rotatable bonds is 6. The number of aryl methyl sites for hydroxylation is 1. The molecule has 0 atom stereocenters. The van der Waals surface area contributed by atoms with Crippen LogP contribution in [-0.2, 0) is 17.8 Å². The van der Waals surface area contributed by atoms with Gasteiger partial charge in [-0.2, -0.15) is 0 Å². The Labute approximate surface area is 153 Å². The number of hydrogen-bond acceptors (Lipinski definition) is 4. The molecule has 0 aliphatic carbocycles. The third-order valence-corrected chi connectivity index (χ3v) is 4.18. The molecule has 3 aromatic rings. The van der Waals surface area contributed by atoms with E-state index in [1.165, 1.54) is 5.56 Å². The molecule has 1 heterocycles. The third-order valence-electron chi connectivity index (χ3n) is 4.18. The van der Waals surface area contributed by atoms with E-state index < -0.39 is 0 Å². The molecule has 0 aliphatic heterocycles. The van der Waals surface area contributed by atoms with E-state index in [4.69, 9.17) is 0 Å². The van der Waals surface area contributed by atoms with Crippen LogP contribution in [0.4, 0.5) is 11.6 Å². The minimum atomic E-state index is -0.0982. The summed E-state index contributed by atoms with van der Waals surface area (Å²) in [5.41, 5.74) is 3.32. The topological polar surface area (TPSA) is 58.1 Å². The van der Waals surface area contributed by atoms with Crippen molar-refractivity contribution >= 4 is 17.5 Å². The van der Waals surface area contributed by atoms with Crippen molar-refractivity contribution in [1.82, 2.24) is 10.2 Å². The third kappa shape index (κ3) is 4.66. The highest BCUT2D eigenvalue weighted by Gasteiger charge is 2.09. The van der Waals surface area contributed by atoms with Gasteiger partial charge in [0.1, 0.15) is 0 Å². The van der Waals surface area contributed by atoms with E-state index in [9.17, 15) is 4.79 Å². The van der Waals surface area contributed by atoms with Gasteiger partial charge >= 0.3 is 0 Å². The first kappa shape index (κ1) is 17.6. The first-order valence-corrected chi connectivity index (χ1v) is 8.55. The summed E-state index contributed by atoms with van der Waals surface area (Å²) in [6, 6.07) is 21.7. The van der Waals surface area contributed by atoms with Crippen LogP contribution in [0.2, 0.25) is 0 Å². The van der Waals surface area contributed by atoms with E-state index >= 15 is 0 Å². The van der Waals surface area contributed by atoms with Crippen molar-refractivity contribution in [2.45, 2.75) is 19.9 Å². The number of nitrogens with one attached hydrogen (secondary N) is 1. The highest BCUT2D eigenvalue weighted by molar-refractivity contribution is 5.91. The van der Waals surface area contributed by atoms with Crippen LogP contribution in [0, 0.1) is 6.92 Å². The van der Waals surface area contributed by atoms with Crippen molar-refractivity contribution in [2.24, 2.45) is 0 Å². The van der Waals surface area contributed by atoms with Gasteiger partial charge in [0.05, 0.1) is 6.42 Å². The van der Waals surface area contributed by atoms with Crippen LogP contribution in [0.15, 0.2) is 66.7 Å². The predicted molar refractivity (Wildman–Crippen MR) is 104 cm³/mol. The highest BCUT2D eigenvalue weighted by Crippen LogP contribution is 2.14. The molecule has 0 bridgehead atoms. The first-order valence-electron chi connectivity index (χ1n) is 8.55. The van der Waals surface area contributed by atoms with Crippen molar-refractivity contribution in [2.75, 3.05) is 17.3 Å². The molecule has 0 spiro atoms. The first-order chi connectivity index (χ1) is 12.6. The summed E-state index contributed by atoms with van der Waals surface area (Å²) in [6.07, 6.45) is 0.323. The monoisotopic (exact) mass is 346 g/mol. The summed E-state index contributed by atoms with van der Waals surface area (Å²) in [5.74, 6) is 1.12. The lowest BCUT2D eigenvalue weighted by Crippen LogP contribution is -2.19. The lowest BCUT2D eigenvalue weighted by molar-refractivity contribution is -0.115. The zero-order chi connectivity index (χ0) is 18.4. The average molecular weight is 346 g/mol. The van der Waals surface area contributed by atoms with Crippen molar-refractivity contribution in [3.63, 3.8) is 0 Å². The standard InChI is InChI=1S/C21H22N4O/c1-16-8-6-7-11-18(16)14-21(26)22-19-12-13-20(24-23-19)25(2)15-17-9-4-3-5-10-17/h3-13H,14-15H2,1-2H3,(H,22,23,26). The number of hydrogen-bond donors (Lipinski definition) is 1. The van der Waals surface area contributed by atoms with Gasteiger partial charge in [-0.05, 0) is 35.7 Å². The van der Waals surface area contributed by atoms with Crippen molar-refractivity contribution < 1.29 is 4.79 Å². The van der Waals surface area contributed by atoms with Gasteiger partial charge in [0.2, 0.25) is 5.91 Å². The smallest absolute Gasteiger partial charge is 0.230 e. The highest BCUT2D eigenvalue weighted by atomic mass is 16.1. The molecular weight excluding hydrogens is 324 g/mol. The van der Waals surface area contributed by atoms with Crippen LogP contribution in [0.1, 0.15) is 16.7 Å². The minimum absolute atomic E-state index is 0.0982. The normalized spacial score (nSPS) is 10.4. The van der Waals surface area contributed by atoms with Gasteiger partial charge < -0.3 is 10.2 Å². The van der Waals surface area contributed by atoms with E-state index in [0.29, 0.717) is 12.2 Å². The van der Waals surface area contributed by atoms with Gasteiger partial charge in [-0.25, -0.2) is 0 Å². The van der Waals surface area contributed by atoms with Crippen LogP contribution in [0.25, 0.3) is 0 Å². The molecule has 1 N–H and O–H groups in total. The van der Waals surface area contributed by atoms with E-state index in [-0.39, 0.29) is 5.91 Å². The Morgan fingerprint density at radius 1 is 0.962 bits per heavy atom. The maximum Gasteiger partial charge on any atom is 0.230 e. The molecule has 2 aromatic carbocycles. The molecule has 0 radical (unpaired) electrons. The second kappa shape index (κ2) is 8.25. The fourth-order valence-electron chi connectivity index (χ4n) is 2.70. The van der Waals surface area contributed by atoms with Gasteiger partial charge in [0.15, 0.2) is 11.6 Å². The molecule has 0 saturated heterocycles. The van der Waals surface area contributed by atoms with Crippen LogP contribution in [0.5, 0.6) is 0 Å². The fraction of sp³-hybridized carbons (Fsp3) is 0.190. The second-order valence-corrected chi connectivity index (χ2v) is 6.27. The number of anilines is 2. The lowest BCUT2D eigenvalue weighted by Gasteiger charge is -2.17. The van der Waals surface area contributed by atoms with Gasteiger partial charge in [-0.1, -0.05) is 54.6 Å². The molecule has 5 nitrogen and oxygen atoms in total. The van der Waals surface area contributed by atoms with E-state index in [1.54, 1.807) is 6.07 Å². The van der Waals surface area contributed by atoms with Crippen molar-refractivity contribution in [3.8, 4) is 0 Å². The summed E-state index contributed by atoms with van der Waals surface area (Å²) in [6.45, 7) is 2.74. The number of nitrogens with zero attached hydrogens (tertiary/aromatic N) is 3. The average Bonchev–Trinajstić information content (AvgIpc) is 2.65. The Hall–Kier alpha value is -3.21. The number of carbonyl (C=O) groups is 1. The van der Waals surface area contributed by atoms with E-state index in [1.807, 2.05) is 67.4 Å². The molecule has 5 heteroatoms. The molecule has 3 rings (SSSR count). The second-order valence-electron chi connectivity index (χ2n) is 6.27. The zero-order valence-electron chi connectivity index (χ0n) is 15.0. The van der Waals surface area contributed by atoms with E-state index in [0.717, 1.165) is 23.5 Å². The SMILES string of the molecule is Cc1ccccc1CC(=O)Nc1ccc(N(C)Cc2ccccc2)nn1. The fourth-order valence-corrected chi connectivity index (χ4v) is 2.70. The number of aromatic nitrogens is 2. The van der Waals surface area contributed by atoms with Crippen molar-refractivity contribution in [3.05, 3.63) is 83.4 Å². The Balaban J connectivity index is 1.59. The molecule has 132 valence electrons. The zero-order valence-corrected chi connectivity index (χ0v) is 15.0. The molecule has 0 unspecified atom stereocenters. The largest absolute Gasteiger partial charge is 0.354 e. The Morgan fingerprint density at radius 2 is 1.69 bits per heavy atom. The van der Waals surface area contributed by atoms with Crippen LogP contribution in [-0.4, -0.2) is 23.2 Å². The van der Waals surface area contributed by atoms with Gasteiger partial charge in [0.25, 0.3) is 0 Å². The molecule has 0 saturated carbocycles. The molecular formula is C21H22N4O. The molecule has 26 heavy (non-hydrogen) atoms. The molecule has 1 amide bonds. The minimum Gasteiger partial charge on any atom is -0.354 e.